The quantitative estimate of drug-likeness (QED) is 0.786. The second kappa shape index (κ2) is 7.84. The molecule has 2 rings (SSSR count). The fraction of sp³-hybridized carbons (Fsp3) is 0.600. The minimum atomic E-state index is -0.974. The van der Waals surface area contributed by atoms with Gasteiger partial charge in [0.15, 0.2) is 0 Å². The van der Waals surface area contributed by atoms with Gasteiger partial charge >= 0.3 is 0 Å². The summed E-state index contributed by atoms with van der Waals surface area (Å²) >= 11 is 0. The maximum Gasteiger partial charge on any atom is 0.251 e. The molecule has 0 aromatic carbocycles. The van der Waals surface area contributed by atoms with Gasteiger partial charge < -0.3 is 15.3 Å². The molecule has 1 aliphatic rings. The predicted octanol–water partition coefficient (Wildman–Crippen LogP) is -0.183. The minimum Gasteiger partial charge on any atom is -0.383 e. The standard InChI is InChI=1S/C15H22N4O3/c1-11-12(17-8-7-16-11)5-6-18-14(21)10-19-9-3-2-4-13(20)15(19)22/h7-8,13,20H,2-6,9-10H2,1H3,(H,18,21). The Morgan fingerprint density at radius 1 is 1.41 bits per heavy atom. The molecule has 0 radical (unpaired) electrons. The van der Waals surface area contributed by atoms with Gasteiger partial charge in [-0.3, -0.25) is 19.6 Å². The summed E-state index contributed by atoms with van der Waals surface area (Å²) in [6, 6.07) is 0. The van der Waals surface area contributed by atoms with E-state index in [0.29, 0.717) is 25.9 Å². The van der Waals surface area contributed by atoms with Gasteiger partial charge in [-0.25, -0.2) is 0 Å². The predicted molar refractivity (Wildman–Crippen MR) is 79.9 cm³/mol. The molecule has 1 aliphatic heterocycles. The van der Waals surface area contributed by atoms with E-state index in [1.807, 2.05) is 6.92 Å². The molecule has 1 aromatic heterocycles. The Morgan fingerprint density at radius 2 is 2.18 bits per heavy atom. The van der Waals surface area contributed by atoms with Crippen molar-refractivity contribution in [2.24, 2.45) is 0 Å². The Labute approximate surface area is 129 Å². The van der Waals surface area contributed by atoms with Gasteiger partial charge in [-0.05, 0) is 26.2 Å². The third-order valence-electron chi connectivity index (χ3n) is 3.75. The van der Waals surface area contributed by atoms with Gasteiger partial charge in [0.2, 0.25) is 5.91 Å². The number of aromatic nitrogens is 2. The zero-order valence-corrected chi connectivity index (χ0v) is 12.8. The van der Waals surface area contributed by atoms with Crippen molar-refractivity contribution >= 4 is 11.8 Å². The Kier molecular flexibility index (Phi) is 5.83. The van der Waals surface area contributed by atoms with Gasteiger partial charge in [-0.1, -0.05) is 0 Å². The molecule has 2 N–H and O–H groups in total. The molecule has 120 valence electrons. The number of nitrogens with zero attached hydrogens (tertiary/aromatic N) is 3. The van der Waals surface area contributed by atoms with Crippen molar-refractivity contribution in [2.45, 2.75) is 38.7 Å². The Balaban J connectivity index is 1.78. The average Bonchev–Trinajstić information content (AvgIpc) is 2.65. The van der Waals surface area contributed by atoms with Gasteiger partial charge in [0.05, 0.1) is 17.9 Å². The van der Waals surface area contributed by atoms with Crippen molar-refractivity contribution in [1.82, 2.24) is 20.2 Å². The Morgan fingerprint density at radius 3 is 2.95 bits per heavy atom. The lowest BCUT2D eigenvalue weighted by Crippen LogP contribution is -2.44. The first-order chi connectivity index (χ1) is 10.6. The van der Waals surface area contributed by atoms with Crippen LogP contribution in [0.4, 0.5) is 0 Å². The first-order valence-electron chi connectivity index (χ1n) is 7.58. The molecule has 1 fully saturated rings. The number of carbonyl (C=O) groups is 2. The molecule has 7 heteroatoms. The molecule has 1 atom stereocenters. The molecular formula is C15H22N4O3. The van der Waals surface area contributed by atoms with Gasteiger partial charge in [-0.2, -0.15) is 0 Å². The van der Waals surface area contributed by atoms with E-state index in [1.165, 1.54) is 4.90 Å². The summed E-state index contributed by atoms with van der Waals surface area (Å²) in [5.41, 5.74) is 1.70. The lowest BCUT2D eigenvalue weighted by atomic mass is 10.2. The molecule has 1 saturated heterocycles. The minimum absolute atomic E-state index is 0.00462. The first-order valence-corrected chi connectivity index (χ1v) is 7.58. The van der Waals surface area contributed by atoms with Crippen molar-refractivity contribution in [3.05, 3.63) is 23.8 Å². The molecule has 7 nitrogen and oxygen atoms in total. The SMILES string of the molecule is Cc1nccnc1CCNC(=O)CN1CCCCC(O)C1=O. The van der Waals surface area contributed by atoms with E-state index in [9.17, 15) is 14.7 Å². The molecule has 2 amide bonds. The normalized spacial score (nSPS) is 18.9. The molecule has 22 heavy (non-hydrogen) atoms. The van der Waals surface area contributed by atoms with Crippen LogP contribution < -0.4 is 5.32 Å². The van der Waals surface area contributed by atoms with E-state index in [1.54, 1.807) is 12.4 Å². The summed E-state index contributed by atoms with van der Waals surface area (Å²) in [6.07, 6.45) is 4.98. The van der Waals surface area contributed by atoms with Crippen molar-refractivity contribution in [3.8, 4) is 0 Å². The van der Waals surface area contributed by atoms with E-state index in [0.717, 1.165) is 24.2 Å². The van der Waals surface area contributed by atoms with Gasteiger partial charge in [0, 0.05) is 31.9 Å². The molecule has 0 aliphatic carbocycles. The van der Waals surface area contributed by atoms with Crippen molar-refractivity contribution in [2.75, 3.05) is 19.6 Å². The Bertz CT molecular complexity index is 535. The van der Waals surface area contributed by atoms with Crippen molar-refractivity contribution < 1.29 is 14.7 Å². The number of amides is 2. The number of likely N-dealkylation sites (tertiary alicyclic amines) is 1. The fourth-order valence-corrected chi connectivity index (χ4v) is 2.47. The lowest BCUT2D eigenvalue weighted by molar-refractivity contribution is -0.142. The summed E-state index contributed by atoms with van der Waals surface area (Å²) in [5, 5.41) is 12.4. The van der Waals surface area contributed by atoms with Crippen LogP contribution >= 0.6 is 0 Å². The van der Waals surface area contributed by atoms with Crippen LogP contribution in [0, 0.1) is 6.92 Å². The van der Waals surface area contributed by atoms with E-state index < -0.39 is 6.10 Å². The van der Waals surface area contributed by atoms with Crippen LogP contribution in [0.1, 0.15) is 30.7 Å². The van der Waals surface area contributed by atoms with E-state index in [4.69, 9.17) is 0 Å². The van der Waals surface area contributed by atoms with Crippen LogP contribution in [-0.2, 0) is 16.0 Å². The van der Waals surface area contributed by atoms with Gasteiger partial charge in [-0.15, -0.1) is 0 Å². The molecule has 1 unspecified atom stereocenters. The highest BCUT2D eigenvalue weighted by Gasteiger charge is 2.26. The van der Waals surface area contributed by atoms with E-state index in [-0.39, 0.29) is 18.4 Å². The number of nitrogens with one attached hydrogen (secondary N) is 1. The topological polar surface area (TPSA) is 95.4 Å². The number of hydrogen-bond acceptors (Lipinski definition) is 5. The molecular weight excluding hydrogens is 284 g/mol. The second-order valence-electron chi connectivity index (χ2n) is 5.46. The zero-order valence-electron chi connectivity index (χ0n) is 12.8. The summed E-state index contributed by atoms with van der Waals surface area (Å²) in [7, 11) is 0. The lowest BCUT2D eigenvalue weighted by Gasteiger charge is -2.21. The van der Waals surface area contributed by atoms with Crippen LogP contribution in [-0.4, -0.2) is 57.5 Å². The average molecular weight is 306 g/mol. The van der Waals surface area contributed by atoms with E-state index in [2.05, 4.69) is 15.3 Å². The maximum absolute atomic E-state index is 11.9. The number of aliphatic hydroxyl groups excluding tert-OH is 1. The van der Waals surface area contributed by atoms with Crippen LogP contribution in [0.3, 0.4) is 0 Å². The molecule has 1 aromatic rings. The number of aliphatic hydroxyl groups is 1. The Hall–Kier alpha value is -2.02. The smallest absolute Gasteiger partial charge is 0.251 e. The van der Waals surface area contributed by atoms with Crippen molar-refractivity contribution in [3.63, 3.8) is 0 Å². The van der Waals surface area contributed by atoms with Crippen LogP contribution in [0.2, 0.25) is 0 Å². The number of rotatable bonds is 5. The third kappa shape index (κ3) is 4.49. The molecule has 2 heterocycles. The van der Waals surface area contributed by atoms with Crippen LogP contribution in [0.25, 0.3) is 0 Å². The highest BCUT2D eigenvalue weighted by Crippen LogP contribution is 2.11. The largest absolute Gasteiger partial charge is 0.383 e. The monoisotopic (exact) mass is 306 g/mol. The fourth-order valence-electron chi connectivity index (χ4n) is 2.47. The second-order valence-corrected chi connectivity index (χ2v) is 5.46. The van der Waals surface area contributed by atoms with Crippen LogP contribution in [0.5, 0.6) is 0 Å². The highest BCUT2D eigenvalue weighted by molar-refractivity contribution is 5.87. The summed E-state index contributed by atoms with van der Waals surface area (Å²) in [6.45, 7) is 2.84. The molecule has 0 saturated carbocycles. The summed E-state index contributed by atoms with van der Waals surface area (Å²) < 4.78 is 0. The maximum atomic E-state index is 11.9. The van der Waals surface area contributed by atoms with Crippen molar-refractivity contribution in [1.29, 1.82) is 0 Å². The first kappa shape index (κ1) is 16.4. The third-order valence-corrected chi connectivity index (χ3v) is 3.75. The molecule has 0 spiro atoms. The number of hydrogen-bond donors (Lipinski definition) is 2. The summed E-state index contributed by atoms with van der Waals surface area (Å²) in [5.74, 6) is -0.568. The van der Waals surface area contributed by atoms with Gasteiger partial charge in [0.25, 0.3) is 5.91 Å². The molecule has 0 bridgehead atoms. The highest BCUT2D eigenvalue weighted by atomic mass is 16.3. The number of carbonyl (C=O) groups excluding carboxylic acids is 2. The zero-order chi connectivity index (χ0) is 15.9. The van der Waals surface area contributed by atoms with Crippen LogP contribution in [0.15, 0.2) is 12.4 Å². The van der Waals surface area contributed by atoms with E-state index >= 15 is 0 Å². The van der Waals surface area contributed by atoms with Gasteiger partial charge in [0.1, 0.15) is 6.10 Å². The summed E-state index contributed by atoms with van der Waals surface area (Å²) in [4.78, 5) is 33.6. The number of aryl methyl sites for hydroxylation is 1.